The standard InChI is InChI=1S/C23H23F3N6O/c1-15-8-9-18(32-28-10-11-29-32)17(13-15)22(33)31-12-4-5-16(2)19(31)14-27-21-7-3-6-20(30-21)23(24,25)26/h3,6-11,13-14,16H,4-5,12H2,1-2H3,(H,27,30)/b19-14+. The number of benzene rings is 1. The zero-order valence-electron chi connectivity index (χ0n) is 18.2. The molecular formula is C23H23F3N6O. The van der Waals surface area contributed by atoms with Gasteiger partial charge in [0.2, 0.25) is 0 Å². The lowest BCUT2D eigenvalue weighted by Crippen LogP contribution is -2.38. The van der Waals surface area contributed by atoms with Crippen molar-refractivity contribution in [2.45, 2.75) is 32.9 Å². The molecule has 1 amide bonds. The first-order valence-electron chi connectivity index (χ1n) is 10.5. The zero-order valence-corrected chi connectivity index (χ0v) is 18.2. The Balaban J connectivity index is 1.66. The van der Waals surface area contributed by atoms with Crippen LogP contribution in [0.5, 0.6) is 0 Å². The van der Waals surface area contributed by atoms with Crippen molar-refractivity contribution < 1.29 is 18.0 Å². The van der Waals surface area contributed by atoms with E-state index in [1.807, 2.05) is 19.9 Å². The zero-order chi connectivity index (χ0) is 23.6. The van der Waals surface area contributed by atoms with Crippen LogP contribution in [0.4, 0.5) is 19.0 Å². The van der Waals surface area contributed by atoms with Gasteiger partial charge in [-0.2, -0.15) is 28.2 Å². The van der Waals surface area contributed by atoms with Gasteiger partial charge in [-0.25, -0.2) is 4.98 Å². The summed E-state index contributed by atoms with van der Waals surface area (Å²) in [6.07, 6.45) is 1.78. The fourth-order valence-corrected chi connectivity index (χ4v) is 3.84. The second-order valence-corrected chi connectivity index (χ2v) is 7.96. The van der Waals surface area contributed by atoms with Crippen molar-refractivity contribution in [3.8, 4) is 5.69 Å². The first-order valence-corrected chi connectivity index (χ1v) is 10.5. The Kier molecular flexibility index (Phi) is 6.17. The molecule has 0 spiro atoms. The molecule has 1 N–H and O–H groups in total. The number of aromatic nitrogens is 4. The minimum Gasteiger partial charge on any atom is -0.345 e. The molecule has 1 saturated heterocycles. The minimum atomic E-state index is -4.53. The Morgan fingerprint density at radius 3 is 2.67 bits per heavy atom. The van der Waals surface area contributed by atoms with Gasteiger partial charge in [-0.15, -0.1) is 0 Å². The lowest BCUT2D eigenvalue weighted by Gasteiger charge is -2.34. The average Bonchev–Trinajstić information content (AvgIpc) is 3.32. The third-order valence-electron chi connectivity index (χ3n) is 5.50. The van der Waals surface area contributed by atoms with Gasteiger partial charge in [0.05, 0.1) is 23.6 Å². The average molecular weight is 456 g/mol. The van der Waals surface area contributed by atoms with Crippen LogP contribution in [-0.2, 0) is 6.18 Å². The number of anilines is 1. The number of pyridine rings is 1. The highest BCUT2D eigenvalue weighted by Gasteiger charge is 2.33. The number of amides is 1. The lowest BCUT2D eigenvalue weighted by molar-refractivity contribution is -0.141. The molecule has 1 aliphatic heterocycles. The first-order chi connectivity index (χ1) is 15.7. The number of nitrogens with zero attached hydrogens (tertiary/aromatic N) is 5. The van der Waals surface area contributed by atoms with E-state index in [-0.39, 0.29) is 17.6 Å². The van der Waals surface area contributed by atoms with Crippen LogP contribution in [0.3, 0.4) is 0 Å². The summed E-state index contributed by atoms with van der Waals surface area (Å²) in [5.74, 6) is -0.140. The van der Waals surface area contributed by atoms with Gasteiger partial charge >= 0.3 is 6.18 Å². The summed E-state index contributed by atoms with van der Waals surface area (Å²) in [6.45, 7) is 4.37. The van der Waals surface area contributed by atoms with Crippen LogP contribution >= 0.6 is 0 Å². The lowest BCUT2D eigenvalue weighted by atomic mass is 9.95. The van der Waals surface area contributed by atoms with E-state index in [0.717, 1.165) is 24.5 Å². The number of alkyl halides is 3. The number of aryl methyl sites for hydroxylation is 1. The summed E-state index contributed by atoms with van der Waals surface area (Å²) in [7, 11) is 0. The van der Waals surface area contributed by atoms with Gasteiger partial charge in [0, 0.05) is 18.4 Å². The molecule has 2 aromatic heterocycles. The highest BCUT2D eigenvalue weighted by atomic mass is 19.4. The predicted octanol–water partition coefficient (Wildman–Crippen LogP) is 4.82. The SMILES string of the molecule is Cc1ccc(-n2nccn2)c(C(=O)N2CCCC(C)/C2=C\Nc2cccc(C(F)(F)F)n2)c1. The maximum Gasteiger partial charge on any atom is 0.433 e. The highest BCUT2D eigenvalue weighted by Crippen LogP contribution is 2.31. The summed E-state index contributed by atoms with van der Waals surface area (Å²) >= 11 is 0. The molecule has 3 heterocycles. The van der Waals surface area contributed by atoms with Crippen LogP contribution in [0.15, 0.2) is 60.7 Å². The largest absolute Gasteiger partial charge is 0.433 e. The Hall–Kier alpha value is -3.69. The van der Waals surface area contributed by atoms with Gasteiger partial charge in [0.15, 0.2) is 0 Å². The molecule has 0 saturated carbocycles. The van der Waals surface area contributed by atoms with E-state index < -0.39 is 11.9 Å². The van der Waals surface area contributed by atoms with E-state index in [2.05, 4.69) is 20.5 Å². The third kappa shape index (κ3) is 4.89. The number of hydrogen-bond acceptors (Lipinski definition) is 5. The number of allylic oxidation sites excluding steroid dienone is 1. The number of nitrogens with one attached hydrogen (secondary N) is 1. The van der Waals surface area contributed by atoms with Crippen molar-refractivity contribution >= 4 is 11.7 Å². The van der Waals surface area contributed by atoms with Gasteiger partial charge in [-0.1, -0.05) is 24.6 Å². The smallest absolute Gasteiger partial charge is 0.345 e. The van der Waals surface area contributed by atoms with Crippen molar-refractivity contribution in [3.05, 3.63) is 77.5 Å². The fraction of sp³-hybridized carbons (Fsp3) is 0.304. The maximum atomic E-state index is 13.6. The molecule has 0 bridgehead atoms. The molecular weight excluding hydrogens is 433 g/mol. The molecule has 1 atom stereocenters. The number of likely N-dealkylation sites (tertiary alicyclic amines) is 1. The Morgan fingerprint density at radius 1 is 1.18 bits per heavy atom. The molecule has 33 heavy (non-hydrogen) atoms. The summed E-state index contributed by atoms with van der Waals surface area (Å²) in [6, 6.07) is 9.13. The molecule has 1 aromatic carbocycles. The quantitative estimate of drug-likeness (QED) is 0.610. The second kappa shape index (κ2) is 9.05. The third-order valence-corrected chi connectivity index (χ3v) is 5.50. The van der Waals surface area contributed by atoms with Crippen LogP contribution < -0.4 is 5.32 Å². The van der Waals surface area contributed by atoms with E-state index >= 15 is 0 Å². The molecule has 1 fully saturated rings. The highest BCUT2D eigenvalue weighted by molar-refractivity contribution is 5.99. The molecule has 7 nitrogen and oxygen atoms in total. The summed E-state index contributed by atoms with van der Waals surface area (Å²) in [5.41, 5.74) is 1.62. The number of hydrogen-bond donors (Lipinski definition) is 1. The van der Waals surface area contributed by atoms with E-state index in [0.29, 0.717) is 23.5 Å². The minimum absolute atomic E-state index is 0.0251. The number of halogens is 3. The first kappa shape index (κ1) is 22.5. The van der Waals surface area contributed by atoms with E-state index in [9.17, 15) is 18.0 Å². The topological polar surface area (TPSA) is 75.9 Å². The van der Waals surface area contributed by atoms with Gasteiger partial charge in [0.1, 0.15) is 11.5 Å². The van der Waals surface area contributed by atoms with Crippen molar-refractivity contribution in [2.75, 3.05) is 11.9 Å². The maximum absolute atomic E-state index is 13.6. The Labute approximate surface area is 188 Å². The number of piperidine rings is 1. The molecule has 10 heteroatoms. The van der Waals surface area contributed by atoms with Crippen molar-refractivity contribution in [1.29, 1.82) is 0 Å². The van der Waals surface area contributed by atoms with E-state index in [1.54, 1.807) is 23.2 Å². The molecule has 0 aliphatic carbocycles. The van der Waals surface area contributed by atoms with Crippen LogP contribution in [-0.4, -0.2) is 37.3 Å². The van der Waals surface area contributed by atoms with Crippen LogP contribution in [0.25, 0.3) is 5.69 Å². The molecule has 172 valence electrons. The normalized spacial score (nSPS) is 17.9. The predicted molar refractivity (Wildman–Crippen MR) is 116 cm³/mol. The molecule has 0 radical (unpaired) electrons. The second-order valence-electron chi connectivity index (χ2n) is 7.96. The van der Waals surface area contributed by atoms with Gasteiger partial charge in [-0.05, 0) is 49.9 Å². The summed E-state index contributed by atoms with van der Waals surface area (Å²) in [4.78, 5) is 20.3. The van der Waals surface area contributed by atoms with E-state index in [4.69, 9.17) is 0 Å². The Bertz CT molecular complexity index is 1170. The fourth-order valence-electron chi connectivity index (χ4n) is 3.84. The Morgan fingerprint density at radius 2 is 1.94 bits per heavy atom. The van der Waals surface area contributed by atoms with Crippen LogP contribution in [0.1, 0.15) is 41.4 Å². The van der Waals surface area contributed by atoms with Crippen LogP contribution in [0.2, 0.25) is 0 Å². The van der Waals surface area contributed by atoms with Crippen molar-refractivity contribution in [2.24, 2.45) is 5.92 Å². The number of carbonyl (C=O) groups excluding carboxylic acids is 1. The van der Waals surface area contributed by atoms with Crippen LogP contribution in [0, 0.1) is 12.8 Å². The summed E-state index contributed by atoms with van der Waals surface area (Å²) in [5, 5.41) is 11.2. The van der Waals surface area contributed by atoms with Gasteiger partial charge in [-0.3, -0.25) is 4.79 Å². The molecule has 4 rings (SSSR count). The van der Waals surface area contributed by atoms with E-state index in [1.165, 1.54) is 29.3 Å². The molecule has 3 aromatic rings. The molecule has 1 unspecified atom stereocenters. The van der Waals surface area contributed by atoms with Crippen molar-refractivity contribution in [1.82, 2.24) is 24.9 Å². The number of rotatable bonds is 4. The molecule has 1 aliphatic rings. The monoisotopic (exact) mass is 456 g/mol. The van der Waals surface area contributed by atoms with Gasteiger partial charge in [0.25, 0.3) is 5.91 Å². The van der Waals surface area contributed by atoms with Crippen molar-refractivity contribution in [3.63, 3.8) is 0 Å². The number of carbonyl (C=O) groups is 1. The summed E-state index contributed by atoms with van der Waals surface area (Å²) < 4.78 is 39.0. The van der Waals surface area contributed by atoms with Gasteiger partial charge < -0.3 is 10.2 Å².